The maximum atomic E-state index is 12.2. The van der Waals surface area contributed by atoms with E-state index >= 15 is 0 Å². The Hall–Kier alpha value is -2.82. The van der Waals surface area contributed by atoms with Gasteiger partial charge in [-0.15, -0.1) is 0 Å². The maximum absolute atomic E-state index is 12.2. The van der Waals surface area contributed by atoms with E-state index in [2.05, 4.69) is 10.3 Å². The van der Waals surface area contributed by atoms with Gasteiger partial charge >= 0.3 is 0 Å². The van der Waals surface area contributed by atoms with Crippen molar-refractivity contribution in [1.82, 2.24) is 14.7 Å². The molecule has 3 aromatic rings. The summed E-state index contributed by atoms with van der Waals surface area (Å²) in [7, 11) is 0. The number of pyridine rings is 1. The van der Waals surface area contributed by atoms with Crippen LogP contribution in [0.3, 0.4) is 0 Å². The molecule has 3 rings (SSSR count). The van der Waals surface area contributed by atoms with Crippen LogP contribution in [0, 0.1) is 13.8 Å². The summed E-state index contributed by atoms with van der Waals surface area (Å²) in [5.74, 6) is 0.237. The summed E-state index contributed by atoms with van der Waals surface area (Å²) in [5.41, 5.74) is 4.89. The number of nitrogens with one attached hydrogen (secondary N) is 1. The highest BCUT2D eigenvalue weighted by molar-refractivity contribution is 5.78. The third-order valence-corrected chi connectivity index (χ3v) is 4.14. The molecule has 124 valence electrons. The molecule has 1 aromatic carbocycles. The van der Waals surface area contributed by atoms with Crippen LogP contribution in [0.1, 0.15) is 22.5 Å². The van der Waals surface area contributed by atoms with Gasteiger partial charge in [-0.2, -0.15) is 0 Å². The molecular formula is C19H21N3O2. The second-order valence-corrected chi connectivity index (χ2v) is 5.97. The monoisotopic (exact) mass is 323 g/mol. The summed E-state index contributed by atoms with van der Waals surface area (Å²) >= 11 is 0. The molecule has 0 radical (unpaired) electrons. The van der Waals surface area contributed by atoms with Gasteiger partial charge in [0.2, 0.25) is 5.91 Å². The molecule has 0 spiro atoms. The van der Waals surface area contributed by atoms with Crippen LogP contribution in [-0.4, -0.2) is 26.9 Å². The Balaban J connectivity index is 1.62. The third-order valence-electron chi connectivity index (χ3n) is 4.14. The number of imidazole rings is 1. The number of aryl methyl sites for hydroxylation is 2. The summed E-state index contributed by atoms with van der Waals surface area (Å²) in [4.78, 5) is 16.8. The number of amides is 1. The number of rotatable bonds is 5. The minimum absolute atomic E-state index is 0.0137. The van der Waals surface area contributed by atoms with Gasteiger partial charge in [-0.05, 0) is 49.6 Å². The van der Waals surface area contributed by atoms with Crippen LogP contribution in [0.25, 0.3) is 5.65 Å². The molecule has 5 heteroatoms. The molecule has 1 amide bonds. The van der Waals surface area contributed by atoms with Crippen LogP contribution in [0.15, 0.2) is 42.6 Å². The van der Waals surface area contributed by atoms with Crippen molar-refractivity contribution in [3.63, 3.8) is 0 Å². The van der Waals surface area contributed by atoms with Gasteiger partial charge in [-0.25, -0.2) is 4.98 Å². The van der Waals surface area contributed by atoms with Crippen LogP contribution in [0.4, 0.5) is 0 Å². The maximum Gasteiger partial charge on any atom is 0.226 e. The van der Waals surface area contributed by atoms with E-state index in [-0.39, 0.29) is 11.7 Å². The summed E-state index contributed by atoms with van der Waals surface area (Å²) in [6.07, 6.45) is 2.99. The molecular weight excluding hydrogens is 302 g/mol. The molecule has 2 aromatic heterocycles. The number of carbonyl (C=O) groups excluding carboxylic acids is 1. The topological polar surface area (TPSA) is 66.6 Å². The zero-order valence-corrected chi connectivity index (χ0v) is 13.9. The number of benzene rings is 1. The second kappa shape index (κ2) is 6.74. The van der Waals surface area contributed by atoms with E-state index in [1.54, 1.807) is 12.1 Å². The number of hydrogen-bond donors (Lipinski definition) is 2. The largest absolute Gasteiger partial charge is 0.508 e. The van der Waals surface area contributed by atoms with Crippen molar-refractivity contribution in [3.05, 3.63) is 65.1 Å². The van der Waals surface area contributed by atoms with Gasteiger partial charge in [-0.3, -0.25) is 4.79 Å². The lowest BCUT2D eigenvalue weighted by atomic mass is 10.1. The molecule has 0 fully saturated rings. The standard InChI is InChI=1S/C19H21N3O2/c1-13-4-3-11-22-17(14(2)21-19(13)22)12-18(24)20-10-9-15-5-7-16(23)8-6-15/h3-8,11,23H,9-10,12H2,1-2H3,(H,20,24). The first-order chi connectivity index (χ1) is 11.5. The Kier molecular flexibility index (Phi) is 4.51. The van der Waals surface area contributed by atoms with Gasteiger partial charge in [0.25, 0.3) is 0 Å². The van der Waals surface area contributed by atoms with Gasteiger partial charge in [0.1, 0.15) is 11.4 Å². The van der Waals surface area contributed by atoms with E-state index in [0.29, 0.717) is 13.0 Å². The third kappa shape index (κ3) is 3.40. The highest BCUT2D eigenvalue weighted by atomic mass is 16.3. The number of hydrogen-bond acceptors (Lipinski definition) is 3. The first-order valence-electron chi connectivity index (χ1n) is 8.02. The molecule has 0 bridgehead atoms. The summed E-state index contributed by atoms with van der Waals surface area (Å²) in [5, 5.41) is 12.2. The molecule has 0 aliphatic carbocycles. The van der Waals surface area contributed by atoms with Gasteiger partial charge in [0.15, 0.2) is 0 Å². The molecule has 24 heavy (non-hydrogen) atoms. The average Bonchev–Trinajstić information content (AvgIpc) is 2.87. The fourth-order valence-corrected chi connectivity index (χ4v) is 2.80. The van der Waals surface area contributed by atoms with Crippen LogP contribution in [0.5, 0.6) is 5.75 Å². The molecule has 5 nitrogen and oxygen atoms in total. The van der Waals surface area contributed by atoms with Gasteiger partial charge < -0.3 is 14.8 Å². The number of phenols is 1. The summed E-state index contributed by atoms with van der Waals surface area (Å²) < 4.78 is 1.99. The van der Waals surface area contributed by atoms with Crippen LogP contribution < -0.4 is 5.32 Å². The lowest BCUT2D eigenvalue weighted by Crippen LogP contribution is -2.27. The number of nitrogens with zero attached hydrogens (tertiary/aromatic N) is 2. The first kappa shape index (κ1) is 16.1. The Morgan fingerprint density at radius 1 is 1.21 bits per heavy atom. The Morgan fingerprint density at radius 3 is 2.71 bits per heavy atom. The van der Waals surface area contributed by atoms with E-state index in [9.17, 15) is 9.90 Å². The molecule has 2 heterocycles. The van der Waals surface area contributed by atoms with Crippen LogP contribution in [-0.2, 0) is 17.6 Å². The van der Waals surface area contributed by atoms with Crippen LogP contribution in [0.2, 0.25) is 0 Å². The minimum Gasteiger partial charge on any atom is -0.508 e. The van der Waals surface area contributed by atoms with Gasteiger partial charge in [0.05, 0.1) is 17.8 Å². The predicted molar refractivity (Wildman–Crippen MR) is 93.2 cm³/mol. The van der Waals surface area contributed by atoms with E-state index in [1.165, 1.54) is 0 Å². The van der Waals surface area contributed by atoms with Crippen molar-refractivity contribution in [2.24, 2.45) is 0 Å². The lowest BCUT2D eigenvalue weighted by Gasteiger charge is -2.07. The number of fused-ring (bicyclic) bond motifs is 1. The van der Waals surface area contributed by atoms with Crippen molar-refractivity contribution < 1.29 is 9.90 Å². The van der Waals surface area contributed by atoms with Crippen molar-refractivity contribution >= 4 is 11.6 Å². The summed E-state index contributed by atoms with van der Waals surface area (Å²) in [6.45, 7) is 4.52. The van der Waals surface area contributed by atoms with E-state index in [0.717, 1.165) is 34.6 Å². The predicted octanol–water partition coefficient (Wildman–Crippen LogP) is 2.56. The highest BCUT2D eigenvalue weighted by Crippen LogP contribution is 2.15. The van der Waals surface area contributed by atoms with Crippen molar-refractivity contribution in [3.8, 4) is 5.75 Å². The minimum atomic E-state index is -0.0137. The fraction of sp³-hybridized carbons (Fsp3) is 0.263. The number of carbonyl (C=O) groups is 1. The van der Waals surface area contributed by atoms with Gasteiger partial charge in [-0.1, -0.05) is 18.2 Å². The Morgan fingerprint density at radius 2 is 1.96 bits per heavy atom. The molecule has 0 saturated heterocycles. The van der Waals surface area contributed by atoms with E-state index in [1.807, 2.05) is 48.7 Å². The van der Waals surface area contributed by atoms with Crippen molar-refractivity contribution in [1.29, 1.82) is 0 Å². The lowest BCUT2D eigenvalue weighted by molar-refractivity contribution is -0.120. The second-order valence-electron chi connectivity index (χ2n) is 5.97. The fourth-order valence-electron chi connectivity index (χ4n) is 2.80. The highest BCUT2D eigenvalue weighted by Gasteiger charge is 2.13. The van der Waals surface area contributed by atoms with E-state index in [4.69, 9.17) is 0 Å². The molecule has 2 N–H and O–H groups in total. The Bertz CT molecular complexity index is 866. The SMILES string of the molecule is Cc1nc2c(C)cccn2c1CC(=O)NCCc1ccc(O)cc1. The Labute approximate surface area is 141 Å². The van der Waals surface area contributed by atoms with E-state index < -0.39 is 0 Å². The average molecular weight is 323 g/mol. The molecule has 0 saturated carbocycles. The number of phenolic OH excluding ortho intramolecular Hbond substituents is 1. The smallest absolute Gasteiger partial charge is 0.226 e. The number of aromatic nitrogens is 2. The molecule has 0 aliphatic heterocycles. The first-order valence-corrected chi connectivity index (χ1v) is 8.02. The van der Waals surface area contributed by atoms with Crippen molar-refractivity contribution in [2.75, 3.05) is 6.54 Å². The quantitative estimate of drug-likeness (QED) is 0.758. The molecule has 0 unspecified atom stereocenters. The molecule has 0 atom stereocenters. The van der Waals surface area contributed by atoms with Crippen molar-refractivity contribution in [2.45, 2.75) is 26.7 Å². The van der Waals surface area contributed by atoms with Crippen LogP contribution >= 0.6 is 0 Å². The normalized spacial score (nSPS) is 10.9. The summed E-state index contributed by atoms with van der Waals surface area (Å²) in [6, 6.07) is 11.0. The van der Waals surface area contributed by atoms with Gasteiger partial charge in [0, 0.05) is 12.7 Å². The zero-order valence-electron chi connectivity index (χ0n) is 13.9. The number of aromatic hydroxyl groups is 1. The molecule has 0 aliphatic rings. The zero-order chi connectivity index (χ0) is 17.1.